The van der Waals surface area contributed by atoms with E-state index in [1.807, 2.05) is 4.72 Å². The molecule has 0 radical (unpaired) electrons. The zero-order valence-electron chi connectivity index (χ0n) is 9.72. The summed E-state index contributed by atoms with van der Waals surface area (Å²) in [4.78, 5) is 10.2. The summed E-state index contributed by atoms with van der Waals surface area (Å²) in [5, 5.41) is 5.52. The summed E-state index contributed by atoms with van der Waals surface area (Å²) < 4.78 is 39.9. The number of nitrogen functional groups attached to an aromatic ring is 1. The third-order valence-electron chi connectivity index (χ3n) is 2.22. The smallest absolute Gasteiger partial charge is 0.266 e. The third-order valence-corrected chi connectivity index (χ3v) is 4.16. The number of rotatable bonds is 3. The second-order valence-corrected chi connectivity index (χ2v) is 6.23. The van der Waals surface area contributed by atoms with Gasteiger partial charge < -0.3 is 5.73 Å². The highest BCUT2D eigenvalue weighted by molar-refractivity contribution is 9.10. The standard InChI is InChI=1S/C10H8BrFN4O3S/c11-6-3-5(13)4-7(10(6)12)20(18,19)16-8-1-2-9(17)15-14-8/h1-4H,13H2,(H,14,16)(H,15,17). The first-order chi connectivity index (χ1) is 9.29. The van der Waals surface area contributed by atoms with Crippen LogP contribution in [0.15, 0.2) is 38.4 Å². The number of halogens is 2. The predicted octanol–water partition coefficient (Wildman–Crippen LogP) is 1.05. The molecule has 0 saturated carbocycles. The number of nitrogens with zero attached hydrogens (tertiary/aromatic N) is 1. The fraction of sp³-hybridized carbons (Fsp3) is 0. The van der Waals surface area contributed by atoms with Gasteiger partial charge >= 0.3 is 0 Å². The number of nitrogens with two attached hydrogens (primary N) is 1. The lowest BCUT2D eigenvalue weighted by molar-refractivity contribution is 0.566. The van der Waals surface area contributed by atoms with Gasteiger partial charge in [0.05, 0.1) is 4.47 Å². The van der Waals surface area contributed by atoms with Gasteiger partial charge in [-0.05, 0) is 34.1 Å². The van der Waals surface area contributed by atoms with Crippen LogP contribution in [0.4, 0.5) is 15.9 Å². The van der Waals surface area contributed by atoms with Crippen molar-refractivity contribution in [3.05, 3.63) is 44.9 Å². The summed E-state index contributed by atoms with van der Waals surface area (Å²) >= 11 is 2.87. The highest BCUT2D eigenvalue weighted by Gasteiger charge is 2.22. The van der Waals surface area contributed by atoms with Gasteiger partial charge in [0.15, 0.2) is 11.6 Å². The molecule has 106 valence electrons. The van der Waals surface area contributed by atoms with Crippen molar-refractivity contribution >= 4 is 37.5 Å². The van der Waals surface area contributed by atoms with E-state index in [1.54, 1.807) is 0 Å². The molecule has 10 heteroatoms. The molecule has 0 aliphatic carbocycles. The van der Waals surface area contributed by atoms with Crippen molar-refractivity contribution in [2.75, 3.05) is 10.5 Å². The van der Waals surface area contributed by atoms with E-state index < -0.39 is 26.3 Å². The molecule has 0 aliphatic heterocycles. The summed E-state index contributed by atoms with van der Waals surface area (Å²) in [6.45, 7) is 0. The fourth-order valence-corrected chi connectivity index (χ4v) is 3.12. The molecule has 1 aromatic carbocycles. The number of hydrogen-bond donors (Lipinski definition) is 3. The molecule has 0 bridgehead atoms. The Morgan fingerprint density at radius 2 is 2.05 bits per heavy atom. The number of benzene rings is 1. The van der Waals surface area contributed by atoms with Crippen LogP contribution >= 0.6 is 15.9 Å². The van der Waals surface area contributed by atoms with Crippen LogP contribution in [0.3, 0.4) is 0 Å². The largest absolute Gasteiger partial charge is 0.399 e. The molecule has 0 saturated heterocycles. The third kappa shape index (κ3) is 2.96. The minimum absolute atomic E-state index is 0.0766. The minimum Gasteiger partial charge on any atom is -0.399 e. The van der Waals surface area contributed by atoms with Crippen LogP contribution in [-0.2, 0) is 10.0 Å². The lowest BCUT2D eigenvalue weighted by atomic mass is 10.3. The van der Waals surface area contributed by atoms with Gasteiger partial charge in [-0.2, -0.15) is 5.10 Å². The van der Waals surface area contributed by atoms with Crippen molar-refractivity contribution in [2.45, 2.75) is 4.90 Å². The number of nitrogens with one attached hydrogen (secondary N) is 2. The van der Waals surface area contributed by atoms with Crippen LogP contribution in [0.5, 0.6) is 0 Å². The Labute approximate surface area is 121 Å². The maximum atomic E-state index is 13.8. The molecule has 0 fully saturated rings. The van der Waals surface area contributed by atoms with Gasteiger partial charge in [0, 0.05) is 11.8 Å². The van der Waals surface area contributed by atoms with Crippen molar-refractivity contribution < 1.29 is 12.8 Å². The first-order valence-corrected chi connectivity index (χ1v) is 7.40. The maximum absolute atomic E-state index is 13.8. The summed E-state index contributed by atoms with van der Waals surface area (Å²) in [6, 6.07) is 4.45. The molecule has 2 aromatic rings. The number of sulfonamides is 1. The van der Waals surface area contributed by atoms with Gasteiger partial charge in [0.25, 0.3) is 15.6 Å². The molecule has 7 nitrogen and oxygen atoms in total. The molecule has 0 atom stereocenters. The Bertz CT molecular complexity index is 801. The van der Waals surface area contributed by atoms with Crippen LogP contribution in [0.25, 0.3) is 0 Å². The number of hydrogen-bond acceptors (Lipinski definition) is 5. The molecule has 1 aromatic heterocycles. The van der Waals surface area contributed by atoms with Crippen molar-refractivity contribution in [1.82, 2.24) is 10.2 Å². The highest BCUT2D eigenvalue weighted by atomic mass is 79.9. The van der Waals surface area contributed by atoms with E-state index in [9.17, 15) is 17.6 Å². The molecular weight excluding hydrogens is 355 g/mol. The fourth-order valence-electron chi connectivity index (χ4n) is 1.37. The summed E-state index contributed by atoms with van der Waals surface area (Å²) in [5.41, 5.74) is 5.07. The van der Waals surface area contributed by atoms with Gasteiger partial charge in [0.2, 0.25) is 0 Å². The van der Waals surface area contributed by atoms with Crippen LogP contribution in [0.2, 0.25) is 0 Å². The number of aromatic amines is 1. The normalized spacial score (nSPS) is 11.3. The minimum atomic E-state index is -4.22. The number of anilines is 2. The van der Waals surface area contributed by atoms with Crippen molar-refractivity contribution in [3.8, 4) is 0 Å². The Kier molecular flexibility index (Phi) is 3.77. The van der Waals surface area contributed by atoms with E-state index in [2.05, 4.69) is 26.1 Å². The van der Waals surface area contributed by atoms with Gasteiger partial charge in [-0.25, -0.2) is 17.9 Å². The second-order valence-electron chi connectivity index (χ2n) is 3.73. The van der Waals surface area contributed by atoms with Crippen molar-refractivity contribution in [3.63, 3.8) is 0 Å². The molecule has 2 rings (SSSR count). The average molecular weight is 363 g/mol. The Balaban J connectivity index is 2.45. The first kappa shape index (κ1) is 14.5. The zero-order chi connectivity index (χ0) is 14.9. The number of H-pyrrole nitrogens is 1. The molecule has 0 aliphatic rings. The van der Waals surface area contributed by atoms with Crippen LogP contribution < -0.4 is 16.0 Å². The van der Waals surface area contributed by atoms with Gasteiger partial charge in [-0.3, -0.25) is 9.52 Å². The second kappa shape index (κ2) is 5.21. The monoisotopic (exact) mass is 362 g/mol. The zero-order valence-corrected chi connectivity index (χ0v) is 12.1. The van der Waals surface area contributed by atoms with Gasteiger partial charge in [-0.1, -0.05) is 0 Å². The van der Waals surface area contributed by atoms with E-state index in [-0.39, 0.29) is 16.0 Å². The summed E-state index contributed by atoms with van der Waals surface area (Å²) in [7, 11) is -4.22. The van der Waals surface area contributed by atoms with Gasteiger partial charge in [-0.15, -0.1) is 0 Å². The molecule has 1 heterocycles. The predicted molar refractivity (Wildman–Crippen MR) is 74.2 cm³/mol. The first-order valence-electron chi connectivity index (χ1n) is 5.12. The SMILES string of the molecule is Nc1cc(Br)c(F)c(S(=O)(=O)Nc2ccc(=O)[nH]n2)c1. The lowest BCUT2D eigenvalue weighted by Crippen LogP contribution is -2.18. The Hall–Kier alpha value is -1.94. The van der Waals surface area contributed by atoms with E-state index >= 15 is 0 Å². The molecule has 0 amide bonds. The lowest BCUT2D eigenvalue weighted by Gasteiger charge is -2.09. The van der Waals surface area contributed by atoms with Crippen LogP contribution in [0.1, 0.15) is 0 Å². The van der Waals surface area contributed by atoms with E-state index in [0.717, 1.165) is 18.2 Å². The molecule has 4 N–H and O–H groups in total. The number of aromatic nitrogens is 2. The van der Waals surface area contributed by atoms with E-state index in [4.69, 9.17) is 5.73 Å². The maximum Gasteiger partial charge on any atom is 0.266 e. The highest BCUT2D eigenvalue weighted by Crippen LogP contribution is 2.27. The summed E-state index contributed by atoms with van der Waals surface area (Å²) in [5.74, 6) is -1.13. The quantitative estimate of drug-likeness (QED) is 0.705. The Morgan fingerprint density at radius 1 is 1.35 bits per heavy atom. The average Bonchev–Trinajstić information content (AvgIpc) is 2.36. The Morgan fingerprint density at radius 3 is 2.65 bits per heavy atom. The van der Waals surface area contributed by atoms with Crippen LogP contribution in [0, 0.1) is 5.82 Å². The molecule has 0 spiro atoms. The van der Waals surface area contributed by atoms with E-state index in [0.29, 0.717) is 0 Å². The molecular formula is C10H8BrFN4O3S. The van der Waals surface area contributed by atoms with Crippen molar-refractivity contribution in [2.24, 2.45) is 0 Å². The summed E-state index contributed by atoms with van der Waals surface area (Å²) in [6.07, 6.45) is 0. The molecule has 20 heavy (non-hydrogen) atoms. The van der Waals surface area contributed by atoms with Gasteiger partial charge in [0.1, 0.15) is 4.90 Å². The van der Waals surface area contributed by atoms with E-state index in [1.165, 1.54) is 6.07 Å². The topological polar surface area (TPSA) is 118 Å². The molecule has 0 unspecified atom stereocenters. The van der Waals surface area contributed by atoms with Crippen molar-refractivity contribution in [1.29, 1.82) is 0 Å². The van der Waals surface area contributed by atoms with Crippen LogP contribution in [-0.4, -0.2) is 18.6 Å².